The fourth-order valence-electron chi connectivity index (χ4n) is 3.14. The summed E-state index contributed by atoms with van der Waals surface area (Å²) in [5.41, 5.74) is 0.359. The van der Waals surface area contributed by atoms with E-state index in [-0.39, 0.29) is 16.9 Å². The molecule has 0 heterocycles. The Balaban J connectivity index is 1.76. The first-order chi connectivity index (χ1) is 12.3. The number of hydrogen-bond donors (Lipinski definition) is 0. The number of hydrogen-bond acceptors (Lipinski definition) is 2. The van der Waals surface area contributed by atoms with Crippen molar-refractivity contribution in [3.8, 4) is 5.75 Å². The molecule has 1 aliphatic rings. The zero-order valence-electron chi connectivity index (χ0n) is 14.7. The third-order valence-electron chi connectivity index (χ3n) is 4.94. The highest BCUT2D eigenvalue weighted by atomic mass is 19.1. The molecule has 0 saturated heterocycles. The number of benzene rings is 2. The zero-order chi connectivity index (χ0) is 18.8. The Labute approximate surface area is 151 Å². The molecule has 0 N–H and O–H groups in total. The third kappa shape index (κ3) is 3.92. The van der Waals surface area contributed by atoms with Crippen molar-refractivity contribution in [2.75, 3.05) is 0 Å². The summed E-state index contributed by atoms with van der Waals surface area (Å²) in [5, 5.41) is 0. The molecule has 2 nitrogen and oxygen atoms in total. The van der Waals surface area contributed by atoms with E-state index in [4.69, 9.17) is 4.74 Å². The fourth-order valence-corrected chi connectivity index (χ4v) is 3.14. The highest BCUT2D eigenvalue weighted by Gasteiger charge is 2.23. The lowest BCUT2D eigenvalue weighted by Gasteiger charge is -2.26. The van der Waals surface area contributed by atoms with E-state index >= 15 is 0 Å². The van der Waals surface area contributed by atoms with E-state index in [0.717, 1.165) is 43.4 Å². The van der Waals surface area contributed by atoms with Crippen molar-refractivity contribution < 1.29 is 22.7 Å². The first kappa shape index (κ1) is 18.5. The first-order valence-corrected chi connectivity index (χ1v) is 8.67. The molecule has 0 atom stereocenters. The number of carbonyl (C=O) groups is 1. The van der Waals surface area contributed by atoms with Gasteiger partial charge in [-0.15, -0.1) is 0 Å². The number of rotatable bonds is 3. The molecule has 0 spiro atoms. The van der Waals surface area contributed by atoms with Gasteiger partial charge in [-0.2, -0.15) is 0 Å². The summed E-state index contributed by atoms with van der Waals surface area (Å²) in [7, 11) is 0. The normalized spacial score (nSPS) is 15.9. The van der Waals surface area contributed by atoms with Crippen LogP contribution in [0.1, 0.15) is 54.1 Å². The molecule has 0 aliphatic heterocycles. The predicted octanol–water partition coefficient (Wildman–Crippen LogP) is 5.76. The van der Waals surface area contributed by atoms with E-state index in [1.54, 1.807) is 6.07 Å². The molecule has 0 amide bonds. The number of ether oxygens (including phenoxy) is 1. The van der Waals surface area contributed by atoms with E-state index in [1.807, 2.05) is 0 Å². The van der Waals surface area contributed by atoms with E-state index in [2.05, 4.69) is 6.92 Å². The van der Waals surface area contributed by atoms with Gasteiger partial charge < -0.3 is 4.74 Å². The molecule has 0 unspecified atom stereocenters. The SMILES string of the molecule is Cc1c(F)cc(OC(=O)c2ccc([C]3CCC(C)CC3)cc2F)cc1F. The maximum Gasteiger partial charge on any atom is 0.346 e. The molecule has 1 aliphatic carbocycles. The van der Waals surface area contributed by atoms with Gasteiger partial charge in [0.2, 0.25) is 0 Å². The van der Waals surface area contributed by atoms with Crippen LogP contribution >= 0.6 is 0 Å². The van der Waals surface area contributed by atoms with Crippen LogP contribution in [0.4, 0.5) is 13.2 Å². The van der Waals surface area contributed by atoms with Crippen LogP contribution in [0.15, 0.2) is 30.3 Å². The molecule has 1 radical (unpaired) electrons. The molecule has 137 valence electrons. The average molecular weight is 361 g/mol. The second kappa shape index (κ2) is 7.52. The minimum atomic E-state index is -0.987. The van der Waals surface area contributed by atoms with Gasteiger partial charge in [-0.3, -0.25) is 0 Å². The Kier molecular flexibility index (Phi) is 5.35. The highest BCUT2D eigenvalue weighted by Crippen LogP contribution is 2.35. The van der Waals surface area contributed by atoms with Crippen molar-refractivity contribution in [1.29, 1.82) is 0 Å². The maximum absolute atomic E-state index is 14.4. The second-order valence-corrected chi connectivity index (χ2v) is 6.88. The number of esters is 1. The van der Waals surface area contributed by atoms with Crippen LogP contribution in [-0.2, 0) is 0 Å². The summed E-state index contributed by atoms with van der Waals surface area (Å²) in [6, 6.07) is 6.20. The largest absolute Gasteiger partial charge is 0.423 e. The molecule has 5 heteroatoms. The van der Waals surface area contributed by atoms with Gasteiger partial charge in [-0.1, -0.05) is 13.0 Å². The lowest BCUT2D eigenvalue weighted by atomic mass is 9.79. The van der Waals surface area contributed by atoms with Crippen LogP contribution in [0.3, 0.4) is 0 Å². The maximum atomic E-state index is 14.4. The Bertz CT molecular complexity index is 801. The van der Waals surface area contributed by atoms with E-state index in [0.29, 0.717) is 5.92 Å². The molecule has 2 aromatic carbocycles. The van der Waals surface area contributed by atoms with Crippen molar-refractivity contribution in [3.63, 3.8) is 0 Å². The standard InChI is InChI=1S/C21H20F3O2/c1-12-3-5-14(6-4-12)15-7-8-17(20(24)9-15)21(25)26-16-10-18(22)13(2)19(23)11-16/h7-12H,3-6H2,1-2H3. The van der Waals surface area contributed by atoms with E-state index in [1.165, 1.54) is 25.0 Å². The van der Waals surface area contributed by atoms with Crippen LogP contribution in [0.5, 0.6) is 5.75 Å². The minimum Gasteiger partial charge on any atom is -0.423 e. The summed E-state index contributed by atoms with van der Waals surface area (Å²) >= 11 is 0. The Morgan fingerprint density at radius 1 is 1.00 bits per heavy atom. The van der Waals surface area contributed by atoms with Gasteiger partial charge in [0.25, 0.3) is 0 Å². The summed E-state index contributed by atoms with van der Waals surface area (Å²) in [4.78, 5) is 12.2. The van der Waals surface area contributed by atoms with Gasteiger partial charge in [0.1, 0.15) is 23.2 Å². The van der Waals surface area contributed by atoms with Crippen molar-refractivity contribution >= 4 is 5.97 Å². The minimum absolute atomic E-state index is 0.167. The molecular formula is C21H20F3O2. The topological polar surface area (TPSA) is 26.3 Å². The second-order valence-electron chi connectivity index (χ2n) is 6.88. The van der Waals surface area contributed by atoms with Crippen LogP contribution in [0, 0.1) is 36.2 Å². The van der Waals surface area contributed by atoms with Crippen LogP contribution in [-0.4, -0.2) is 5.97 Å². The Morgan fingerprint density at radius 3 is 2.19 bits per heavy atom. The predicted molar refractivity (Wildman–Crippen MR) is 92.4 cm³/mol. The lowest BCUT2D eigenvalue weighted by Crippen LogP contribution is -2.14. The highest BCUT2D eigenvalue weighted by molar-refractivity contribution is 5.91. The van der Waals surface area contributed by atoms with E-state index < -0.39 is 23.4 Å². The molecule has 1 saturated carbocycles. The molecule has 0 bridgehead atoms. The monoisotopic (exact) mass is 361 g/mol. The van der Waals surface area contributed by atoms with Crippen molar-refractivity contribution in [3.05, 3.63) is 70.4 Å². The molecule has 26 heavy (non-hydrogen) atoms. The number of carbonyl (C=O) groups excluding carboxylic acids is 1. The zero-order valence-corrected chi connectivity index (χ0v) is 14.7. The van der Waals surface area contributed by atoms with Gasteiger partial charge >= 0.3 is 5.97 Å². The van der Waals surface area contributed by atoms with Crippen molar-refractivity contribution in [1.82, 2.24) is 0 Å². The van der Waals surface area contributed by atoms with Crippen molar-refractivity contribution in [2.45, 2.75) is 39.5 Å². The molecule has 2 aromatic rings. The van der Waals surface area contributed by atoms with Crippen LogP contribution in [0.2, 0.25) is 0 Å². The summed E-state index contributed by atoms with van der Waals surface area (Å²) in [6.45, 7) is 3.48. The van der Waals surface area contributed by atoms with Crippen molar-refractivity contribution in [2.24, 2.45) is 5.92 Å². The molecule has 0 aromatic heterocycles. The Hall–Kier alpha value is -2.30. The van der Waals surface area contributed by atoms with Gasteiger partial charge in [-0.25, -0.2) is 18.0 Å². The third-order valence-corrected chi connectivity index (χ3v) is 4.94. The number of halogens is 3. The quantitative estimate of drug-likeness (QED) is 0.513. The smallest absolute Gasteiger partial charge is 0.346 e. The van der Waals surface area contributed by atoms with Crippen LogP contribution in [0.25, 0.3) is 0 Å². The molecule has 3 rings (SSSR count). The molecular weight excluding hydrogens is 341 g/mol. The van der Waals surface area contributed by atoms with Gasteiger partial charge in [-0.05, 0) is 56.2 Å². The van der Waals surface area contributed by atoms with E-state index in [9.17, 15) is 18.0 Å². The van der Waals surface area contributed by atoms with Gasteiger partial charge in [0.15, 0.2) is 0 Å². The summed E-state index contributed by atoms with van der Waals surface area (Å²) < 4.78 is 46.4. The summed E-state index contributed by atoms with van der Waals surface area (Å²) in [6.07, 6.45) is 4.00. The fraction of sp³-hybridized carbons (Fsp3) is 0.333. The molecule has 1 fully saturated rings. The van der Waals surface area contributed by atoms with Gasteiger partial charge in [0.05, 0.1) is 5.56 Å². The summed E-state index contributed by atoms with van der Waals surface area (Å²) in [5.74, 6) is -1.78. The van der Waals surface area contributed by atoms with Gasteiger partial charge in [0, 0.05) is 23.6 Å². The first-order valence-electron chi connectivity index (χ1n) is 8.67. The Morgan fingerprint density at radius 2 is 1.62 bits per heavy atom. The lowest BCUT2D eigenvalue weighted by molar-refractivity contribution is 0.0729. The average Bonchev–Trinajstić information content (AvgIpc) is 2.60. The van der Waals surface area contributed by atoms with Crippen LogP contribution < -0.4 is 4.74 Å².